The van der Waals surface area contributed by atoms with Crippen LogP contribution in [0.25, 0.3) is 11.4 Å². The Kier molecular flexibility index (Phi) is 5.41. The van der Waals surface area contributed by atoms with E-state index in [0.717, 1.165) is 17.9 Å². The molecule has 3 heterocycles. The van der Waals surface area contributed by atoms with Gasteiger partial charge in [-0.2, -0.15) is 0 Å². The molecule has 1 aromatic carbocycles. The first-order valence-corrected chi connectivity index (χ1v) is 9.62. The minimum Gasteiger partial charge on any atom is -0.329 e. The quantitative estimate of drug-likeness (QED) is 0.679. The number of hydrogen-bond donors (Lipinski definition) is 0. The van der Waals surface area contributed by atoms with Gasteiger partial charge in [0.25, 0.3) is 0 Å². The first-order valence-electron chi connectivity index (χ1n) is 9.62. The van der Waals surface area contributed by atoms with Crippen LogP contribution in [0.5, 0.6) is 0 Å². The molecule has 2 aromatic heterocycles. The minimum atomic E-state index is 0.374. The number of hydrogen-bond acceptors (Lipinski definition) is 3. The highest BCUT2D eigenvalue weighted by Gasteiger charge is 2.23. The number of rotatable bonds is 5. The molecule has 4 nitrogen and oxygen atoms in total. The van der Waals surface area contributed by atoms with Crippen molar-refractivity contribution in [3.05, 3.63) is 72.8 Å². The van der Waals surface area contributed by atoms with E-state index in [1.807, 2.05) is 18.5 Å². The first-order chi connectivity index (χ1) is 12.9. The van der Waals surface area contributed by atoms with Crippen molar-refractivity contribution in [2.75, 3.05) is 13.1 Å². The van der Waals surface area contributed by atoms with Crippen LogP contribution in [0.3, 0.4) is 0 Å². The van der Waals surface area contributed by atoms with Crippen LogP contribution in [0.1, 0.15) is 37.3 Å². The average molecular weight is 346 g/mol. The SMILES string of the molecule is c1ccc([C@@H](Cn2ccnc2-c2cccnc2)N2CCCCCC2)cc1. The van der Waals surface area contributed by atoms with E-state index in [1.165, 1.54) is 44.3 Å². The molecule has 4 rings (SSSR count). The van der Waals surface area contributed by atoms with E-state index in [9.17, 15) is 0 Å². The second kappa shape index (κ2) is 8.28. The lowest BCUT2D eigenvalue weighted by Crippen LogP contribution is -2.32. The van der Waals surface area contributed by atoms with E-state index in [1.54, 1.807) is 6.20 Å². The average Bonchev–Trinajstić information content (AvgIpc) is 3.00. The molecule has 0 aliphatic carbocycles. The normalized spacial score (nSPS) is 16.9. The van der Waals surface area contributed by atoms with Gasteiger partial charge in [-0.25, -0.2) is 4.98 Å². The van der Waals surface area contributed by atoms with Gasteiger partial charge in [-0.1, -0.05) is 43.2 Å². The lowest BCUT2D eigenvalue weighted by atomic mass is 10.0. The monoisotopic (exact) mass is 346 g/mol. The molecule has 3 aromatic rings. The summed E-state index contributed by atoms with van der Waals surface area (Å²) in [7, 11) is 0. The third kappa shape index (κ3) is 3.86. The van der Waals surface area contributed by atoms with Gasteiger partial charge in [0.1, 0.15) is 5.82 Å². The molecular weight excluding hydrogens is 320 g/mol. The summed E-state index contributed by atoms with van der Waals surface area (Å²) in [6.45, 7) is 3.27. The Bertz CT molecular complexity index is 789. The molecule has 1 aliphatic rings. The molecule has 26 heavy (non-hydrogen) atoms. The van der Waals surface area contributed by atoms with E-state index in [0.29, 0.717) is 6.04 Å². The smallest absolute Gasteiger partial charge is 0.141 e. The molecule has 1 saturated heterocycles. The molecule has 1 atom stereocenters. The maximum atomic E-state index is 4.60. The number of pyridine rings is 1. The third-order valence-electron chi connectivity index (χ3n) is 5.27. The van der Waals surface area contributed by atoms with Crippen molar-refractivity contribution in [2.24, 2.45) is 0 Å². The van der Waals surface area contributed by atoms with Crippen LogP contribution in [-0.4, -0.2) is 32.5 Å². The Balaban J connectivity index is 1.64. The summed E-state index contributed by atoms with van der Waals surface area (Å²) in [5.74, 6) is 0.994. The zero-order chi connectivity index (χ0) is 17.6. The van der Waals surface area contributed by atoms with Crippen molar-refractivity contribution >= 4 is 0 Å². The van der Waals surface area contributed by atoms with Gasteiger partial charge in [0, 0.05) is 36.9 Å². The Hall–Kier alpha value is -2.46. The summed E-state index contributed by atoms with van der Waals surface area (Å²) in [6.07, 6.45) is 13.0. The second-order valence-corrected chi connectivity index (χ2v) is 7.02. The van der Waals surface area contributed by atoms with Crippen LogP contribution in [0.4, 0.5) is 0 Å². The highest BCUT2D eigenvalue weighted by molar-refractivity contribution is 5.53. The number of imidazole rings is 1. The molecule has 0 unspecified atom stereocenters. The van der Waals surface area contributed by atoms with Gasteiger partial charge in [-0.3, -0.25) is 9.88 Å². The molecule has 0 spiro atoms. The lowest BCUT2D eigenvalue weighted by molar-refractivity contribution is 0.186. The van der Waals surface area contributed by atoms with Crippen molar-refractivity contribution in [1.82, 2.24) is 19.4 Å². The van der Waals surface area contributed by atoms with Crippen molar-refractivity contribution in [2.45, 2.75) is 38.3 Å². The standard InChI is InChI=1S/C22H26N4/c1-2-7-15-25(14-6-1)21(19-9-4-3-5-10-19)18-26-16-13-24-22(26)20-11-8-12-23-17-20/h3-5,8-13,16-17,21H,1-2,6-7,14-15,18H2/t21-/m1/s1. The van der Waals surface area contributed by atoms with Gasteiger partial charge >= 0.3 is 0 Å². The zero-order valence-electron chi connectivity index (χ0n) is 15.2. The molecule has 0 amide bonds. The largest absolute Gasteiger partial charge is 0.329 e. The fraction of sp³-hybridized carbons (Fsp3) is 0.364. The molecule has 1 fully saturated rings. The van der Waals surface area contributed by atoms with E-state index < -0.39 is 0 Å². The highest BCUT2D eigenvalue weighted by Crippen LogP contribution is 2.28. The van der Waals surface area contributed by atoms with Gasteiger partial charge in [0.05, 0.1) is 6.04 Å². The molecular formula is C22H26N4. The highest BCUT2D eigenvalue weighted by atomic mass is 15.2. The molecule has 134 valence electrons. The van der Waals surface area contributed by atoms with Crippen LogP contribution in [0.2, 0.25) is 0 Å². The van der Waals surface area contributed by atoms with Crippen molar-refractivity contribution in [1.29, 1.82) is 0 Å². The van der Waals surface area contributed by atoms with Gasteiger partial charge in [-0.15, -0.1) is 0 Å². The predicted molar refractivity (Wildman–Crippen MR) is 105 cm³/mol. The topological polar surface area (TPSA) is 34.0 Å². The Morgan fingerprint density at radius 3 is 2.42 bits per heavy atom. The maximum Gasteiger partial charge on any atom is 0.141 e. The third-order valence-corrected chi connectivity index (χ3v) is 5.27. The van der Waals surface area contributed by atoms with E-state index in [-0.39, 0.29) is 0 Å². The van der Waals surface area contributed by atoms with Crippen LogP contribution in [0.15, 0.2) is 67.3 Å². The summed E-state index contributed by atoms with van der Waals surface area (Å²) in [4.78, 5) is 11.5. The lowest BCUT2D eigenvalue weighted by Gasteiger charge is -2.31. The van der Waals surface area contributed by atoms with E-state index in [4.69, 9.17) is 0 Å². The number of benzene rings is 1. The summed E-state index contributed by atoms with van der Waals surface area (Å²) in [6, 6.07) is 15.3. The van der Waals surface area contributed by atoms with Crippen LogP contribution in [0, 0.1) is 0 Å². The number of likely N-dealkylation sites (tertiary alicyclic amines) is 1. The molecule has 4 heteroatoms. The first kappa shape index (κ1) is 17.0. The zero-order valence-corrected chi connectivity index (χ0v) is 15.2. The van der Waals surface area contributed by atoms with Crippen LogP contribution >= 0.6 is 0 Å². The van der Waals surface area contributed by atoms with E-state index >= 15 is 0 Å². The molecule has 0 saturated carbocycles. The fourth-order valence-electron chi connectivity index (χ4n) is 3.91. The summed E-state index contributed by atoms with van der Waals surface area (Å²) < 4.78 is 2.28. The Morgan fingerprint density at radius 1 is 0.885 bits per heavy atom. The van der Waals surface area contributed by atoms with Gasteiger partial charge in [0.15, 0.2) is 0 Å². The summed E-state index contributed by atoms with van der Waals surface area (Å²) in [5.41, 5.74) is 2.46. The molecule has 1 aliphatic heterocycles. The van der Waals surface area contributed by atoms with Crippen LogP contribution < -0.4 is 0 Å². The van der Waals surface area contributed by atoms with Crippen molar-refractivity contribution in [3.8, 4) is 11.4 Å². The van der Waals surface area contributed by atoms with Crippen molar-refractivity contribution in [3.63, 3.8) is 0 Å². The van der Waals surface area contributed by atoms with Crippen molar-refractivity contribution < 1.29 is 0 Å². The minimum absolute atomic E-state index is 0.374. The van der Waals surface area contributed by atoms with Gasteiger partial charge in [-0.05, 0) is 43.6 Å². The van der Waals surface area contributed by atoms with Crippen LogP contribution in [-0.2, 0) is 6.54 Å². The summed E-state index contributed by atoms with van der Waals surface area (Å²) in [5, 5.41) is 0. The van der Waals surface area contributed by atoms with E-state index in [2.05, 4.69) is 62.0 Å². The second-order valence-electron chi connectivity index (χ2n) is 7.02. The Morgan fingerprint density at radius 2 is 1.69 bits per heavy atom. The van der Waals surface area contributed by atoms with Gasteiger partial charge in [0.2, 0.25) is 0 Å². The Labute approximate surface area is 155 Å². The predicted octanol–water partition coefficient (Wildman–Crippen LogP) is 4.56. The summed E-state index contributed by atoms with van der Waals surface area (Å²) >= 11 is 0. The molecule has 0 N–H and O–H groups in total. The molecule has 0 radical (unpaired) electrons. The fourth-order valence-corrected chi connectivity index (χ4v) is 3.91. The molecule has 0 bridgehead atoms. The van der Waals surface area contributed by atoms with Gasteiger partial charge < -0.3 is 4.57 Å². The number of nitrogens with zero attached hydrogens (tertiary/aromatic N) is 4. The number of aromatic nitrogens is 3. The maximum absolute atomic E-state index is 4.60.